The summed E-state index contributed by atoms with van der Waals surface area (Å²) in [7, 11) is 2.00. The molecule has 0 spiro atoms. The van der Waals surface area contributed by atoms with Gasteiger partial charge in [0, 0.05) is 18.7 Å². The van der Waals surface area contributed by atoms with Gasteiger partial charge in [-0.15, -0.1) is 0 Å². The number of nitrogens with one attached hydrogen (secondary N) is 1. The number of carbonyl (C=O) groups is 1. The van der Waals surface area contributed by atoms with Gasteiger partial charge in [-0.2, -0.15) is 0 Å². The first kappa shape index (κ1) is 14.1. The van der Waals surface area contributed by atoms with Crippen LogP contribution in [0.4, 0.5) is 0 Å². The highest BCUT2D eigenvalue weighted by atomic mass is 16.2. The Bertz CT molecular complexity index is 423. The number of benzene rings is 1. The molecule has 1 aliphatic rings. The van der Waals surface area contributed by atoms with Gasteiger partial charge >= 0.3 is 0 Å². The van der Waals surface area contributed by atoms with Crippen LogP contribution in [0.3, 0.4) is 0 Å². The van der Waals surface area contributed by atoms with E-state index in [-0.39, 0.29) is 5.91 Å². The Hall–Kier alpha value is -1.35. The molecule has 0 saturated carbocycles. The highest BCUT2D eigenvalue weighted by Crippen LogP contribution is 2.20. The predicted molar refractivity (Wildman–Crippen MR) is 78.4 cm³/mol. The van der Waals surface area contributed by atoms with Crippen molar-refractivity contribution in [2.75, 3.05) is 26.7 Å². The quantitative estimate of drug-likeness (QED) is 0.901. The first-order valence-electron chi connectivity index (χ1n) is 7.28. The molecular formula is C16H24N2O. The third-order valence-electron chi connectivity index (χ3n) is 4.02. The summed E-state index contributed by atoms with van der Waals surface area (Å²) in [4.78, 5) is 14.6. The smallest absolute Gasteiger partial charge is 0.254 e. The molecule has 1 amide bonds. The fourth-order valence-corrected chi connectivity index (χ4v) is 2.84. The lowest BCUT2D eigenvalue weighted by Crippen LogP contribution is -2.40. The molecule has 1 fully saturated rings. The summed E-state index contributed by atoms with van der Waals surface area (Å²) < 4.78 is 0. The van der Waals surface area contributed by atoms with E-state index in [0.717, 1.165) is 55.9 Å². The van der Waals surface area contributed by atoms with Gasteiger partial charge in [-0.05, 0) is 50.4 Å². The molecular weight excluding hydrogens is 236 g/mol. The number of hydrogen-bond acceptors (Lipinski definition) is 2. The van der Waals surface area contributed by atoms with Crippen LogP contribution in [0.1, 0.15) is 35.7 Å². The Labute approximate surface area is 116 Å². The average molecular weight is 260 g/mol. The lowest BCUT2D eigenvalue weighted by molar-refractivity contribution is 0.0690. The van der Waals surface area contributed by atoms with Crippen molar-refractivity contribution in [3.05, 3.63) is 35.4 Å². The topological polar surface area (TPSA) is 32.3 Å². The van der Waals surface area contributed by atoms with E-state index >= 15 is 0 Å². The third-order valence-corrected chi connectivity index (χ3v) is 4.02. The Morgan fingerprint density at radius 3 is 2.63 bits per heavy atom. The number of rotatable bonds is 4. The predicted octanol–water partition coefficient (Wildman–Crippen LogP) is 2.32. The van der Waals surface area contributed by atoms with Crippen molar-refractivity contribution in [3.8, 4) is 0 Å². The number of piperidine rings is 1. The molecule has 2 rings (SSSR count). The minimum absolute atomic E-state index is 0.209. The minimum Gasteiger partial charge on any atom is -0.339 e. The highest BCUT2D eigenvalue weighted by molar-refractivity contribution is 5.95. The first-order chi connectivity index (χ1) is 9.26. The SMILES string of the molecule is CCc1ccccc1C(=O)N1CCC(CNC)CC1. The maximum absolute atomic E-state index is 12.6. The summed E-state index contributed by atoms with van der Waals surface area (Å²) >= 11 is 0. The van der Waals surface area contributed by atoms with Crippen LogP contribution < -0.4 is 5.32 Å². The van der Waals surface area contributed by atoms with Crippen LogP contribution in [0.2, 0.25) is 0 Å². The maximum atomic E-state index is 12.6. The summed E-state index contributed by atoms with van der Waals surface area (Å²) in [6, 6.07) is 7.98. The molecule has 19 heavy (non-hydrogen) atoms. The second-order valence-electron chi connectivity index (χ2n) is 5.30. The third kappa shape index (κ3) is 3.35. The molecule has 104 valence electrons. The summed E-state index contributed by atoms with van der Waals surface area (Å²) in [6.45, 7) is 4.95. The Balaban J connectivity index is 2.01. The van der Waals surface area contributed by atoms with Gasteiger partial charge < -0.3 is 10.2 Å². The van der Waals surface area contributed by atoms with Gasteiger partial charge in [0.2, 0.25) is 0 Å². The van der Waals surface area contributed by atoms with Crippen molar-refractivity contribution in [2.45, 2.75) is 26.2 Å². The minimum atomic E-state index is 0.209. The lowest BCUT2D eigenvalue weighted by Gasteiger charge is -2.32. The summed E-state index contributed by atoms with van der Waals surface area (Å²) in [5.74, 6) is 0.927. The van der Waals surface area contributed by atoms with Crippen molar-refractivity contribution in [1.82, 2.24) is 10.2 Å². The van der Waals surface area contributed by atoms with Crippen LogP contribution in [-0.4, -0.2) is 37.5 Å². The van der Waals surface area contributed by atoms with Crippen molar-refractivity contribution in [1.29, 1.82) is 0 Å². The van der Waals surface area contributed by atoms with Crippen LogP contribution in [0.5, 0.6) is 0 Å². The zero-order valence-corrected chi connectivity index (χ0v) is 12.0. The van der Waals surface area contributed by atoms with Gasteiger partial charge in [-0.25, -0.2) is 0 Å². The van der Waals surface area contributed by atoms with E-state index in [9.17, 15) is 4.79 Å². The van der Waals surface area contributed by atoms with E-state index in [1.54, 1.807) is 0 Å². The number of aryl methyl sites for hydroxylation is 1. The maximum Gasteiger partial charge on any atom is 0.254 e. The number of likely N-dealkylation sites (tertiary alicyclic amines) is 1. The van der Waals surface area contributed by atoms with E-state index in [1.165, 1.54) is 0 Å². The second kappa shape index (κ2) is 6.71. The molecule has 0 aromatic heterocycles. The monoisotopic (exact) mass is 260 g/mol. The lowest BCUT2D eigenvalue weighted by atomic mass is 9.95. The second-order valence-corrected chi connectivity index (χ2v) is 5.30. The van der Waals surface area contributed by atoms with E-state index in [4.69, 9.17) is 0 Å². The molecule has 1 saturated heterocycles. The van der Waals surface area contributed by atoms with E-state index in [0.29, 0.717) is 0 Å². The van der Waals surface area contributed by atoms with Gasteiger partial charge in [0.1, 0.15) is 0 Å². The fraction of sp³-hybridized carbons (Fsp3) is 0.562. The van der Waals surface area contributed by atoms with Crippen LogP contribution in [0.15, 0.2) is 24.3 Å². The van der Waals surface area contributed by atoms with E-state index in [2.05, 4.69) is 18.3 Å². The van der Waals surface area contributed by atoms with Crippen molar-refractivity contribution < 1.29 is 4.79 Å². The number of amides is 1. The number of hydrogen-bond donors (Lipinski definition) is 1. The van der Waals surface area contributed by atoms with E-state index in [1.807, 2.05) is 30.1 Å². The van der Waals surface area contributed by atoms with Crippen LogP contribution >= 0.6 is 0 Å². The first-order valence-corrected chi connectivity index (χ1v) is 7.28. The van der Waals surface area contributed by atoms with Crippen LogP contribution in [-0.2, 0) is 6.42 Å². The van der Waals surface area contributed by atoms with Crippen LogP contribution in [0.25, 0.3) is 0 Å². The van der Waals surface area contributed by atoms with Crippen molar-refractivity contribution >= 4 is 5.91 Å². The number of nitrogens with zero attached hydrogens (tertiary/aromatic N) is 1. The zero-order valence-electron chi connectivity index (χ0n) is 12.0. The van der Waals surface area contributed by atoms with Gasteiger partial charge in [0.25, 0.3) is 5.91 Å². The average Bonchev–Trinajstić information content (AvgIpc) is 2.47. The Kier molecular flexibility index (Phi) is 4.97. The molecule has 0 aliphatic carbocycles. The highest BCUT2D eigenvalue weighted by Gasteiger charge is 2.24. The van der Waals surface area contributed by atoms with Gasteiger partial charge in [-0.3, -0.25) is 4.79 Å². The molecule has 1 aliphatic heterocycles. The molecule has 1 aromatic carbocycles. The summed E-state index contributed by atoms with van der Waals surface area (Å²) in [5.41, 5.74) is 2.04. The van der Waals surface area contributed by atoms with Gasteiger partial charge in [-0.1, -0.05) is 25.1 Å². The van der Waals surface area contributed by atoms with Crippen LogP contribution in [0, 0.1) is 5.92 Å². The molecule has 0 unspecified atom stereocenters. The molecule has 0 bridgehead atoms. The largest absolute Gasteiger partial charge is 0.339 e. The normalized spacial score (nSPS) is 16.6. The fourth-order valence-electron chi connectivity index (χ4n) is 2.84. The molecule has 0 radical (unpaired) electrons. The molecule has 3 nitrogen and oxygen atoms in total. The molecule has 1 heterocycles. The molecule has 1 N–H and O–H groups in total. The summed E-state index contributed by atoms with van der Waals surface area (Å²) in [5, 5.41) is 3.23. The zero-order chi connectivity index (χ0) is 13.7. The Morgan fingerprint density at radius 2 is 2.00 bits per heavy atom. The standard InChI is InChI=1S/C16H24N2O/c1-3-14-6-4-5-7-15(14)16(19)18-10-8-13(9-11-18)12-17-2/h4-7,13,17H,3,8-12H2,1-2H3. The van der Waals surface area contributed by atoms with Gasteiger partial charge in [0.05, 0.1) is 0 Å². The summed E-state index contributed by atoms with van der Waals surface area (Å²) in [6.07, 6.45) is 3.14. The molecule has 3 heteroatoms. The van der Waals surface area contributed by atoms with Gasteiger partial charge in [0.15, 0.2) is 0 Å². The van der Waals surface area contributed by atoms with E-state index < -0.39 is 0 Å². The molecule has 1 aromatic rings. The van der Waals surface area contributed by atoms with Crippen molar-refractivity contribution in [2.24, 2.45) is 5.92 Å². The number of carbonyl (C=O) groups excluding carboxylic acids is 1. The molecule has 0 atom stereocenters. The van der Waals surface area contributed by atoms with Crippen molar-refractivity contribution in [3.63, 3.8) is 0 Å². The Morgan fingerprint density at radius 1 is 1.32 bits per heavy atom.